The number of ether oxygens (including phenoxy) is 1. The number of nitrogens with zero attached hydrogens (tertiary/aromatic N) is 2. The maximum Gasteiger partial charge on any atom is 0.339 e. The number of aromatic nitrogens is 2. The van der Waals surface area contributed by atoms with Crippen LogP contribution >= 0.6 is 11.6 Å². The Morgan fingerprint density at radius 3 is 2.50 bits per heavy atom. The number of carboxylic acid groups (broad SMARTS) is 1. The van der Waals surface area contributed by atoms with E-state index in [0.717, 1.165) is 0 Å². The van der Waals surface area contributed by atoms with E-state index in [2.05, 4.69) is 10.2 Å². The van der Waals surface area contributed by atoms with E-state index in [4.69, 9.17) is 16.3 Å². The summed E-state index contributed by atoms with van der Waals surface area (Å²) in [5, 5.41) is 16.3. The smallest absolute Gasteiger partial charge is 0.339 e. The molecular formula is C14H13ClN2O3. The van der Waals surface area contributed by atoms with Crippen molar-refractivity contribution in [3.8, 4) is 16.9 Å². The van der Waals surface area contributed by atoms with E-state index in [1.807, 2.05) is 13.8 Å². The van der Waals surface area contributed by atoms with Crippen LogP contribution in [0.5, 0.6) is 5.75 Å². The molecule has 0 aliphatic heterocycles. The van der Waals surface area contributed by atoms with Gasteiger partial charge in [-0.15, -0.1) is 5.10 Å². The van der Waals surface area contributed by atoms with E-state index >= 15 is 0 Å². The molecule has 0 saturated carbocycles. The molecule has 1 N–H and O–H groups in total. The number of halogens is 1. The standard InChI is InChI=1S/C14H13ClN2O3/c1-8(2)20-10-5-3-9(4-6-10)11-7-16-17-13(15)12(11)14(18)19/h3-8H,1-2H3,(H,18,19). The van der Waals surface area contributed by atoms with Crippen LogP contribution in [0.1, 0.15) is 24.2 Å². The van der Waals surface area contributed by atoms with Gasteiger partial charge in [0.25, 0.3) is 0 Å². The second-order valence-corrected chi connectivity index (χ2v) is 4.78. The molecule has 0 fully saturated rings. The Balaban J connectivity index is 2.42. The molecule has 1 aromatic heterocycles. The Hall–Kier alpha value is -2.14. The van der Waals surface area contributed by atoms with Crippen LogP contribution < -0.4 is 4.74 Å². The first-order valence-corrected chi connectivity index (χ1v) is 6.38. The van der Waals surface area contributed by atoms with Crippen LogP contribution in [0.15, 0.2) is 30.5 Å². The molecule has 1 heterocycles. The van der Waals surface area contributed by atoms with E-state index in [9.17, 15) is 9.90 Å². The molecule has 2 aromatic rings. The van der Waals surface area contributed by atoms with Crippen molar-refractivity contribution in [2.75, 3.05) is 0 Å². The van der Waals surface area contributed by atoms with Crippen LogP contribution in [0.2, 0.25) is 5.15 Å². The molecule has 0 aliphatic carbocycles. The summed E-state index contributed by atoms with van der Waals surface area (Å²) in [6.45, 7) is 3.87. The number of aromatic carboxylic acids is 1. The highest BCUT2D eigenvalue weighted by atomic mass is 35.5. The van der Waals surface area contributed by atoms with E-state index < -0.39 is 5.97 Å². The molecule has 1 aromatic carbocycles. The van der Waals surface area contributed by atoms with Gasteiger partial charge in [0.15, 0.2) is 5.15 Å². The molecule has 0 bridgehead atoms. The van der Waals surface area contributed by atoms with Crippen molar-refractivity contribution in [3.05, 3.63) is 41.2 Å². The molecule has 5 nitrogen and oxygen atoms in total. The fourth-order valence-corrected chi connectivity index (χ4v) is 2.00. The molecular weight excluding hydrogens is 280 g/mol. The van der Waals surface area contributed by atoms with E-state index in [1.165, 1.54) is 6.20 Å². The van der Waals surface area contributed by atoms with E-state index in [-0.39, 0.29) is 16.8 Å². The Kier molecular flexibility index (Phi) is 4.20. The van der Waals surface area contributed by atoms with Gasteiger partial charge in [0.1, 0.15) is 11.3 Å². The minimum absolute atomic E-state index is 0.0563. The summed E-state index contributed by atoms with van der Waals surface area (Å²) in [6.07, 6.45) is 1.46. The van der Waals surface area contributed by atoms with Crippen LogP contribution in [-0.2, 0) is 0 Å². The average Bonchev–Trinajstić information content (AvgIpc) is 2.38. The van der Waals surface area contributed by atoms with Crippen LogP contribution in [0.3, 0.4) is 0 Å². The topological polar surface area (TPSA) is 72.3 Å². The van der Waals surface area contributed by atoms with Crippen molar-refractivity contribution >= 4 is 17.6 Å². The van der Waals surface area contributed by atoms with Crippen molar-refractivity contribution in [2.45, 2.75) is 20.0 Å². The largest absolute Gasteiger partial charge is 0.491 e. The van der Waals surface area contributed by atoms with Gasteiger partial charge >= 0.3 is 5.97 Å². The van der Waals surface area contributed by atoms with Crippen molar-refractivity contribution in [1.82, 2.24) is 10.2 Å². The van der Waals surface area contributed by atoms with Gasteiger partial charge in [-0.25, -0.2) is 4.79 Å². The summed E-state index contributed by atoms with van der Waals surface area (Å²) in [6, 6.07) is 7.07. The lowest BCUT2D eigenvalue weighted by Gasteiger charge is -2.11. The highest BCUT2D eigenvalue weighted by molar-refractivity contribution is 6.33. The molecule has 0 unspecified atom stereocenters. The normalized spacial score (nSPS) is 10.6. The fourth-order valence-electron chi connectivity index (χ4n) is 1.77. The van der Waals surface area contributed by atoms with E-state index in [1.54, 1.807) is 24.3 Å². The van der Waals surface area contributed by atoms with Gasteiger partial charge in [-0.2, -0.15) is 5.10 Å². The molecule has 0 aliphatic rings. The molecule has 6 heteroatoms. The van der Waals surface area contributed by atoms with Crippen molar-refractivity contribution in [2.24, 2.45) is 0 Å². The van der Waals surface area contributed by atoms with Gasteiger partial charge in [-0.3, -0.25) is 0 Å². The van der Waals surface area contributed by atoms with Crippen molar-refractivity contribution in [1.29, 1.82) is 0 Å². The highest BCUT2D eigenvalue weighted by Crippen LogP contribution is 2.28. The first-order chi connectivity index (χ1) is 9.49. The van der Waals surface area contributed by atoms with Gasteiger partial charge in [-0.1, -0.05) is 23.7 Å². The lowest BCUT2D eigenvalue weighted by molar-refractivity contribution is 0.0697. The number of carbonyl (C=O) groups is 1. The minimum atomic E-state index is -1.14. The van der Waals surface area contributed by atoms with Gasteiger partial charge in [0, 0.05) is 5.56 Å². The zero-order valence-corrected chi connectivity index (χ0v) is 11.8. The Morgan fingerprint density at radius 2 is 1.95 bits per heavy atom. The second kappa shape index (κ2) is 5.88. The van der Waals surface area contributed by atoms with Crippen LogP contribution in [-0.4, -0.2) is 27.4 Å². The molecule has 0 atom stereocenters. The summed E-state index contributed by atoms with van der Waals surface area (Å²) in [7, 11) is 0. The predicted molar refractivity (Wildman–Crippen MR) is 75.2 cm³/mol. The SMILES string of the molecule is CC(C)Oc1ccc(-c2cnnc(Cl)c2C(=O)O)cc1. The monoisotopic (exact) mass is 292 g/mol. The Morgan fingerprint density at radius 1 is 1.30 bits per heavy atom. The highest BCUT2D eigenvalue weighted by Gasteiger charge is 2.17. The van der Waals surface area contributed by atoms with Gasteiger partial charge < -0.3 is 9.84 Å². The Bertz CT molecular complexity index is 627. The van der Waals surface area contributed by atoms with Crippen molar-refractivity contribution < 1.29 is 14.6 Å². The molecule has 0 spiro atoms. The van der Waals surface area contributed by atoms with Crippen molar-refractivity contribution in [3.63, 3.8) is 0 Å². The second-order valence-electron chi connectivity index (χ2n) is 4.42. The summed E-state index contributed by atoms with van der Waals surface area (Å²) in [5.41, 5.74) is 1.06. The van der Waals surface area contributed by atoms with Gasteiger partial charge in [0.05, 0.1) is 12.3 Å². The first-order valence-electron chi connectivity index (χ1n) is 6.00. The predicted octanol–water partition coefficient (Wildman–Crippen LogP) is 3.28. The van der Waals surface area contributed by atoms with Crippen LogP contribution in [0, 0.1) is 0 Å². The number of hydrogen-bond acceptors (Lipinski definition) is 4. The molecule has 0 amide bonds. The molecule has 104 valence electrons. The fraction of sp³-hybridized carbons (Fsp3) is 0.214. The maximum atomic E-state index is 11.3. The van der Waals surface area contributed by atoms with Gasteiger partial charge in [0.2, 0.25) is 0 Å². The third-order valence-electron chi connectivity index (χ3n) is 2.56. The van der Waals surface area contributed by atoms with Crippen LogP contribution in [0.25, 0.3) is 11.1 Å². The first kappa shape index (κ1) is 14.3. The lowest BCUT2D eigenvalue weighted by Crippen LogP contribution is -2.05. The minimum Gasteiger partial charge on any atom is -0.491 e. The summed E-state index contributed by atoms with van der Waals surface area (Å²) in [5.74, 6) is -0.420. The average molecular weight is 293 g/mol. The maximum absolute atomic E-state index is 11.3. The third kappa shape index (κ3) is 3.05. The zero-order chi connectivity index (χ0) is 14.7. The Labute approximate surface area is 121 Å². The number of rotatable bonds is 4. The molecule has 20 heavy (non-hydrogen) atoms. The molecule has 0 radical (unpaired) electrons. The van der Waals surface area contributed by atoms with Gasteiger partial charge in [-0.05, 0) is 31.5 Å². The summed E-state index contributed by atoms with van der Waals surface area (Å²) in [4.78, 5) is 11.3. The zero-order valence-electron chi connectivity index (χ0n) is 11.0. The third-order valence-corrected chi connectivity index (χ3v) is 2.82. The number of carboxylic acids is 1. The quantitative estimate of drug-likeness (QED) is 0.936. The lowest BCUT2D eigenvalue weighted by atomic mass is 10.0. The number of hydrogen-bond donors (Lipinski definition) is 1. The summed E-state index contributed by atoms with van der Waals surface area (Å²) >= 11 is 5.80. The molecule has 2 rings (SSSR count). The van der Waals surface area contributed by atoms with E-state index in [0.29, 0.717) is 16.9 Å². The van der Waals surface area contributed by atoms with Crippen LogP contribution in [0.4, 0.5) is 0 Å². The molecule has 0 saturated heterocycles. The summed E-state index contributed by atoms with van der Waals surface area (Å²) < 4.78 is 5.54. The number of benzene rings is 1.